The van der Waals surface area contributed by atoms with Crippen LogP contribution in [-0.2, 0) is 14.8 Å². The highest BCUT2D eigenvalue weighted by atomic mass is 32.2. The molecule has 3 rings (SSSR count). The lowest BCUT2D eigenvalue weighted by molar-refractivity contribution is -0.00828. The molecule has 1 aliphatic heterocycles. The summed E-state index contributed by atoms with van der Waals surface area (Å²) >= 11 is 0. The average molecular weight is 590 g/mol. The number of aliphatic hydroxyl groups is 1. The number of amides is 2. The molecule has 1 aliphatic rings. The second-order valence-corrected chi connectivity index (χ2v) is 13.0. The van der Waals surface area contributed by atoms with Crippen molar-refractivity contribution in [3.05, 3.63) is 59.7 Å². The van der Waals surface area contributed by atoms with Crippen LogP contribution >= 0.6 is 0 Å². The van der Waals surface area contributed by atoms with E-state index in [0.29, 0.717) is 23.6 Å². The van der Waals surface area contributed by atoms with Gasteiger partial charge in [-0.05, 0) is 63.4 Å². The number of anilines is 1. The summed E-state index contributed by atoms with van der Waals surface area (Å²) in [6.07, 6.45) is 2.81. The van der Waals surface area contributed by atoms with E-state index in [-0.39, 0.29) is 49.1 Å². The summed E-state index contributed by atoms with van der Waals surface area (Å²) in [6, 6.07) is 13.2. The van der Waals surface area contributed by atoms with Gasteiger partial charge >= 0.3 is 0 Å². The molecule has 0 aromatic heterocycles. The van der Waals surface area contributed by atoms with Crippen LogP contribution in [-0.4, -0.2) is 92.4 Å². The van der Waals surface area contributed by atoms with Crippen LogP contribution < -0.4 is 10.1 Å². The number of hydrogen-bond donors (Lipinski definition) is 2. The molecule has 0 unspecified atom stereocenters. The van der Waals surface area contributed by atoms with Crippen molar-refractivity contribution in [3.8, 4) is 5.75 Å². The Hall–Kier alpha value is -2.99. The van der Waals surface area contributed by atoms with Crippen LogP contribution in [0.3, 0.4) is 0 Å². The van der Waals surface area contributed by atoms with Gasteiger partial charge in [-0.3, -0.25) is 9.59 Å². The number of ether oxygens (including phenoxy) is 2. The zero-order valence-corrected chi connectivity index (χ0v) is 25.4. The lowest BCUT2D eigenvalue weighted by atomic mass is 10.0. The van der Waals surface area contributed by atoms with Crippen LogP contribution in [0.25, 0.3) is 0 Å². The summed E-state index contributed by atoms with van der Waals surface area (Å²) < 4.78 is 37.9. The van der Waals surface area contributed by atoms with Crippen molar-refractivity contribution < 1.29 is 32.6 Å². The second kappa shape index (κ2) is 14.8. The predicted octanol–water partition coefficient (Wildman–Crippen LogP) is 3.63. The molecule has 11 heteroatoms. The van der Waals surface area contributed by atoms with Gasteiger partial charge in [0.15, 0.2) is 0 Å². The van der Waals surface area contributed by atoms with Gasteiger partial charge in [0.05, 0.1) is 36.7 Å². The quantitative estimate of drug-likeness (QED) is 0.505. The fourth-order valence-corrected chi connectivity index (χ4v) is 5.06. The molecular weight excluding hydrogens is 546 g/mol. The van der Waals surface area contributed by atoms with Crippen LogP contribution in [0.4, 0.5) is 5.69 Å². The molecule has 2 aromatic carbocycles. The Labute approximate surface area is 243 Å². The van der Waals surface area contributed by atoms with Crippen molar-refractivity contribution in [1.82, 2.24) is 9.21 Å². The summed E-state index contributed by atoms with van der Waals surface area (Å²) in [5.41, 5.74) is 1.18. The lowest BCUT2D eigenvalue weighted by Crippen LogP contribution is -2.47. The van der Waals surface area contributed by atoms with Crippen molar-refractivity contribution in [2.24, 2.45) is 5.92 Å². The molecular formula is C30H43N3O7S. The number of hydrogen-bond acceptors (Lipinski definition) is 7. The zero-order chi connectivity index (χ0) is 30.2. The second-order valence-electron chi connectivity index (χ2n) is 10.9. The highest BCUT2D eigenvalue weighted by Gasteiger charge is 2.31. The van der Waals surface area contributed by atoms with Crippen molar-refractivity contribution in [1.29, 1.82) is 0 Å². The van der Waals surface area contributed by atoms with E-state index < -0.39 is 22.2 Å². The maximum absolute atomic E-state index is 14.1. The average Bonchev–Trinajstić information content (AvgIpc) is 2.94. The van der Waals surface area contributed by atoms with Crippen LogP contribution in [0.5, 0.6) is 5.75 Å². The van der Waals surface area contributed by atoms with Gasteiger partial charge in [-0.1, -0.05) is 25.1 Å². The third-order valence-electron chi connectivity index (χ3n) is 7.35. The Morgan fingerprint density at radius 1 is 1.17 bits per heavy atom. The summed E-state index contributed by atoms with van der Waals surface area (Å²) in [5, 5.41) is 12.9. The Bertz CT molecular complexity index is 1270. The van der Waals surface area contributed by atoms with Crippen LogP contribution in [0.15, 0.2) is 48.5 Å². The Morgan fingerprint density at radius 2 is 1.88 bits per heavy atom. The number of carbonyl (C=O) groups excluding carboxylic acids is 2. The highest BCUT2D eigenvalue weighted by molar-refractivity contribution is 7.88. The zero-order valence-electron chi connectivity index (χ0n) is 24.6. The molecule has 10 nitrogen and oxygen atoms in total. The van der Waals surface area contributed by atoms with E-state index in [4.69, 9.17) is 9.47 Å². The number of likely N-dealkylation sites (N-methyl/N-ethyl adjacent to an activating group) is 1. The number of rotatable bonds is 7. The van der Waals surface area contributed by atoms with E-state index in [0.717, 1.165) is 25.5 Å². The topological polar surface area (TPSA) is 125 Å². The number of nitrogens with one attached hydrogen (secondary N) is 1. The molecule has 0 radical (unpaired) electrons. The fourth-order valence-electron chi connectivity index (χ4n) is 4.64. The molecule has 0 aliphatic carbocycles. The number of nitrogens with zero attached hydrogens (tertiary/aromatic N) is 2. The molecule has 41 heavy (non-hydrogen) atoms. The molecule has 0 bridgehead atoms. The van der Waals surface area contributed by atoms with Gasteiger partial charge in [0.25, 0.3) is 11.8 Å². The lowest BCUT2D eigenvalue weighted by Gasteiger charge is -2.35. The molecule has 226 valence electrons. The van der Waals surface area contributed by atoms with Crippen molar-refractivity contribution >= 4 is 27.5 Å². The van der Waals surface area contributed by atoms with Gasteiger partial charge in [0.2, 0.25) is 10.0 Å². The summed E-state index contributed by atoms with van der Waals surface area (Å²) in [6.45, 7) is 6.11. The van der Waals surface area contributed by atoms with Crippen LogP contribution in [0.2, 0.25) is 0 Å². The third-order valence-corrected chi connectivity index (χ3v) is 8.63. The number of benzene rings is 2. The number of aliphatic hydroxyl groups excluding tert-OH is 1. The first-order chi connectivity index (χ1) is 19.4. The Balaban J connectivity index is 1.99. The molecule has 4 atom stereocenters. The largest absolute Gasteiger partial charge is 0.490 e. The number of sulfonamides is 1. The summed E-state index contributed by atoms with van der Waals surface area (Å²) in [4.78, 5) is 28.5. The van der Waals surface area contributed by atoms with Gasteiger partial charge in [0.1, 0.15) is 5.75 Å². The highest BCUT2D eigenvalue weighted by Crippen LogP contribution is 2.29. The minimum atomic E-state index is -3.43. The van der Waals surface area contributed by atoms with E-state index in [1.165, 1.54) is 11.4 Å². The van der Waals surface area contributed by atoms with E-state index in [1.807, 2.05) is 19.9 Å². The van der Waals surface area contributed by atoms with Crippen molar-refractivity contribution in [2.75, 3.05) is 44.9 Å². The first-order valence-corrected chi connectivity index (χ1v) is 15.9. The monoisotopic (exact) mass is 589 g/mol. The Morgan fingerprint density at radius 3 is 2.54 bits per heavy atom. The molecule has 0 spiro atoms. The van der Waals surface area contributed by atoms with E-state index in [1.54, 1.807) is 54.3 Å². The minimum Gasteiger partial charge on any atom is -0.490 e. The smallest absolute Gasteiger partial charge is 0.258 e. The van der Waals surface area contributed by atoms with Crippen LogP contribution in [0.1, 0.15) is 60.7 Å². The minimum absolute atomic E-state index is 0.140. The van der Waals surface area contributed by atoms with E-state index >= 15 is 0 Å². The first kappa shape index (κ1) is 32.5. The predicted molar refractivity (Wildman–Crippen MR) is 159 cm³/mol. The van der Waals surface area contributed by atoms with Crippen molar-refractivity contribution in [3.63, 3.8) is 0 Å². The van der Waals surface area contributed by atoms with E-state index in [2.05, 4.69) is 5.32 Å². The molecule has 2 aromatic rings. The van der Waals surface area contributed by atoms with E-state index in [9.17, 15) is 23.1 Å². The van der Waals surface area contributed by atoms with Crippen LogP contribution in [0, 0.1) is 5.92 Å². The van der Waals surface area contributed by atoms with Gasteiger partial charge in [-0.15, -0.1) is 0 Å². The van der Waals surface area contributed by atoms with Gasteiger partial charge < -0.3 is 24.8 Å². The normalized spacial score (nSPS) is 21.9. The molecule has 0 fully saturated rings. The molecule has 0 saturated carbocycles. The van der Waals surface area contributed by atoms with Gasteiger partial charge in [0, 0.05) is 43.9 Å². The van der Waals surface area contributed by atoms with Gasteiger partial charge in [-0.25, -0.2) is 12.7 Å². The Kier molecular flexibility index (Phi) is 11.7. The molecule has 2 amide bonds. The number of carbonyl (C=O) groups is 2. The fraction of sp³-hybridized carbons (Fsp3) is 0.533. The molecule has 2 N–H and O–H groups in total. The SMILES string of the molecule is C[C@H]1CCCCO[C@H](CN(C)S(C)(=O)=O)[C@@H](C)CN([C@@H](C)CO)C(=O)c2cc(NC(=O)c3ccccc3)ccc2O1. The molecule has 1 heterocycles. The third kappa shape index (κ3) is 9.26. The molecule has 0 saturated heterocycles. The summed E-state index contributed by atoms with van der Waals surface area (Å²) in [7, 11) is -1.92. The number of fused-ring (bicyclic) bond motifs is 1. The van der Waals surface area contributed by atoms with Crippen molar-refractivity contribution in [2.45, 2.75) is 58.3 Å². The summed E-state index contributed by atoms with van der Waals surface area (Å²) in [5.74, 6) is -0.546. The van der Waals surface area contributed by atoms with Gasteiger partial charge in [-0.2, -0.15) is 0 Å². The maximum Gasteiger partial charge on any atom is 0.258 e. The standard InChI is InChI=1S/C30H43N3O7S/c1-21-18-33(22(2)20-34)30(36)26-17-25(31-29(35)24-12-7-6-8-13-24)14-15-27(26)40-23(3)11-9-10-16-39-28(21)19-32(4)41(5,37)38/h6-8,12-15,17,21-23,28,34H,9-11,16,18-20H2,1-5H3,(H,31,35)/t21-,22-,23-,28+/m0/s1. The first-order valence-electron chi connectivity index (χ1n) is 14.0. The maximum atomic E-state index is 14.1.